The second kappa shape index (κ2) is 11.9. The molecule has 0 radical (unpaired) electrons. The van der Waals surface area contributed by atoms with Crippen molar-refractivity contribution >= 4 is 55.6 Å². The van der Waals surface area contributed by atoms with Gasteiger partial charge in [0.25, 0.3) is 0 Å². The van der Waals surface area contributed by atoms with Crippen LogP contribution in [0.25, 0.3) is 71.9 Å². The molecule has 0 bridgehead atoms. The van der Waals surface area contributed by atoms with Gasteiger partial charge in [-0.05, 0) is 70.1 Å². The Labute approximate surface area is 295 Å². The molecule has 0 spiro atoms. The summed E-state index contributed by atoms with van der Waals surface area (Å²) in [6.07, 6.45) is 0. The number of rotatable bonds is 6. The van der Waals surface area contributed by atoms with E-state index in [0.717, 1.165) is 61.6 Å². The zero-order valence-corrected chi connectivity index (χ0v) is 27.8. The second-order valence-corrected chi connectivity index (χ2v) is 12.9. The van der Waals surface area contributed by atoms with Gasteiger partial charge in [0.15, 0.2) is 5.58 Å². The number of hydrogen-bond acceptors (Lipinski definition) is 2. The van der Waals surface area contributed by atoms with Crippen LogP contribution in [0.2, 0.25) is 0 Å². The number of para-hydroxylation sites is 2. The van der Waals surface area contributed by atoms with E-state index in [4.69, 9.17) is 4.42 Å². The molecule has 2 heterocycles. The Morgan fingerprint density at radius 3 is 1.86 bits per heavy atom. The molecular weight excluding hydrogens is 621 g/mol. The van der Waals surface area contributed by atoms with Crippen molar-refractivity contribution < 1.29 is 4.42 Å². The van der Waals surface area contributed by atoms with Crippen LogP contribution in [0.1, 0.15) is 0 Å². The third-order valence-corrected chi connectivity index (χ3v) is 10.00. The quantitative estimate of drug-likeness (QED) is 0.178. The van der Waals surface area contributed by atoms with Crippen molar-refractivity contribution in [3.05, 3.63) is 194 Å². The maximum absolute atomic E-state index is 6.60. The monoisotopic (exact) mass is 652 g/mol. The molecule has 0 amide bonds. The van der Waals surface area contributed by atoms with E-state index >= 15 is 0 Å². The van der Waals surface area contributed by atoms with E-state index in [9.17, 15) is 0 Å². The van der Waals surface area contributed by atoms with Crippen molar-refractivity contribution in [2.45, 2.75) is 0 Å². The molecule has 0 fully saturated rings. The number of oxazole rings is 1. The van der Waals surface area contributed by atoms with Gasteiger partial charge in [0.1, 0.15) is 0 Å². The first-order valence-electron chi connectivity index (χ1n) is 17.4. The number of anilines is 3. The molecule has 0 unspecified atom stereocenters. The molecule has 0 saturated carbocycles. The van der Waals surface area contributed by atoms with Crippen molar-refractivity contribution in [1.82, 2.24) is 4.40 Å². The molecule has 240 valence electrons. The number of aromatic nitrogens is 1. The van der Waals surface area contributed by atoms with E-state index in [0.29, 0.717) is 0 Å². The molecule has 10 aromatic rings. The van der Waals surface area contributed by atoms with Crippen LogP contribution >= 0.6 is 0 Å². The topological polar surface area (TPSA) is 20.8 Å². The van der Waals surface area contributed by atoms with Gasteiger partial charge in [0.05, 0.1) is 28.0 Å². The predicted octanol–water partition coefficient (Wildman–Crippen LogP) is 13.5. The molecule has 3 nitrogen and oxygen atoms in total. The van der Waals surface area contributed by atoms with Crippen LogP contribution in [0.3, 0.4) is 0 Å². The summed E-state index contributed by atoms with van der Waals surface area (Å²) >= 11 is 0. The molecule has 0 saturated heterocycles. The van der Waals surface area contributed by atoms with Crippen molar-refractivity contribution in [3.63, 3.8) is 0 Å². The highest BCUT2D eigenvalue weighted by Crippen LogP contribution is 2.44. The highest BCUT2D eigenvalue weighted by atomic mass is 16.3. The zero-order chi connectivity index (χ0) is 33.7. The highest BCUT2D eigenvalue weighted by Gasteiger charge is 2.21. The number of fused-ring (bicyclic) bond motifs is 6. The first-order valence-corrected chi connectivity index (χ1v) is 17.4. The van der Waals surface area contributed by atoms with Crippen LogP contribution < -0.4 is 4.90 Å². The molecule has 3 heteroatoms. The molecule has 10 rings (SSSR count). The lowest BCUT2D eigenvalue weighted by atomic mass is 10.00. The highest BCUT2D eigenvalue weighted by molar-refractivity contribution is 6.07. The van der Waals surface area contributed by atoms with Crippen molar-refractivity contribution in [1.29, 1.82) is 0 Å². The Kier molecular flexibility index (Phi) is 6.81. The number of benzene rings is 8. The molecule has 0 aliphatic heterocycles. The van der Waals surface area contributed by atoms with Gasteiger partial charge in [-0.3, -0.25) is 4.40 Å². The van der Waals surface area contributed by atoms with Crippen LogP contribution in [-0.4, -0.2) is 4.40 Å². The van der Waals surface area contributed by atoms with Crippen molar-refractivity contribution in [3.8, 4) is 33.4 Å². The van der Waals surface area contributed by atoms with Gasteiger partial charge in [-0.15, -0.1) is 0 Å². The summed E-state index contributed by atoms with van der Waals surface area (Å²) < 4.78 is 8.87. The lowest BCUT2D eigenvalue weighted by Crippen LogP contribution is -2.11. The Bertz CT molecular complexity index is 2840. The maximum atomic E-state index is 6.60. The average molecular weight is 653 g/mol. The fourth-order valence-corrected chi connectivity index (χ4v) is 7.64. The van der Waals surface area contributed by atoms with Gasteiger partial charge < -0.3 is 9.32 Å². The van der Waals surface area contributed by atoms with Gasteiger partial charge in [-0.25, -0.2) is 0 Å². The first-order chi connectivity index (χ1) is 25.3. The smallest absolute Gasteiger partial charge is 0.213 e. The summed E-state index contributed by atoms with van der Waals surface area (Å²) in [5.74, 6) is 0. The third-order valence-electron chi connectivity index (χ3n) is 10.00. The lowest BCUT2D eigenvalue weighted by Gasteiger charge is -2.29. The summed E-state index contributed by atoms with van der Waals surface area (Å²) in [4.78, 5) is 2.40. The summed E-state index contributed by atoms with van der Waals surface area (Å²) in [5.41, 5.74) is 14.2. The van der Waals surface area contributed by atoms with E-state index in [-0.39, 0.29) is 0 Å². The lowest BCUT2D eigenvalue weighted by molar-refractivity contribution is 0.658. The van der Waals surface area contributed by atoms with Crippen LogP contribution in [0.4, 0.5) is 17.1 Å². The summed E-state index contributed by atoms with van der Waals surface area (Å²) in [6.45, 7) is 0. The Hall–Kier alpha value is -6.84. The van der Waals surface area contributed by atoms with Crippen LogP contribution in [-0.2, 0) is 0 Å². The zero-order valence-electron chi connectivity index (χ0n) is 27.8. The average Bonchev–Trinajstić information content (AvgIpc) is 3.73. The van der Waals surface area contributed by atoms with E-state index in [2.05, 4.69) is 203 Å². The Morgan fingerprint density at radius 2 is 1.04 bits per heavy atom. The minimum atomic E-state index is 0.868. The van der Waals surface area contributed by atoms with E-state index in [1.54, 1.807) is 0 Å². The van der Waals surface area contributed by atoms with Gasteiger partial charge >= 0.3 is 0 Å². The van der Waals surface area contributed by atoms with Gasteiger partial charge in [0, 0.05) is 22.0 Å². The number of hydrogen-bond donors (Lipinski definition) is 0. The third kappa shape index (κ3) is 4.82. The molecule has 2 aromatic heterocycles. The summed E-state index contributed by atoms with van der Waals surface area (Å²) in [6, 6.07) is 69.1. The van der Waals surface area contributed by atoms with Crippen LogP contribution in [0, 0.1) is 0 Å². The van der Waals surface area contributed by atoms with Gasteiger partial charge in [0.2, 0.25) is 5.71 Å². The number of nitrogens with zero attached hydrogens (tertiary/aromatic N) is 2. The van der Waals surface area contributed by atoms with Gasteiger partial charge in [-0.1, -0.05) is 152 Å². The minimum Gasteiger partial charge on any atom is -0.438 e. The molecule has 0 atom stereocenters. The minimum absolute atomic E-state index is 0.868. The van der Waals surface area contributed by atoms with Crippen LogP contribution in [0.5, 0.6) is 0 Å². The summed E-state index contributed by atoms with van der Waals surface area (Å²) in [5, 5.41) is 3.60. The molecule has 51 heavy (non-hydrogen) atoms. The van der Waals surface area contributed by atoms with Crippen molar-refractivity contribution in [2.24, 2.45) is 0 Å². The second-order valence-electron chi connectivity index (χ2n) is 12.9. The molecule has 0 aliphatic rings. The van der Waals surface area contributed by atoms with E-state index in [1.807, 2.05) is 0 Å². The fraction of sp³-hybridized carbons (Fsp3) is 0. The normalized spacial score (nSPS) is 11.5. The predicted molar refractivity (Wildman–Crippen MR) is 213 cm³/mol. The Morgan fingerprint density at radius 1 is 0.412 bits per heavy atom. The standard InChI is InChI=1S/C48H32N2O/c1-3-14-34(15-4-1)39-21-9-11-23-42(39)49(43-25-13-19-35-16-7-8-20-40(35)43)38-29-26-33(27-30-38)37-28-31-46-45(32-37)50-44-24-12-10-22-41(44)47(48(50)51-46)36-17-5-2-6-18-36/h1-32H. The van der Waals surface area contributed by atoms with Crippen molar-refractivity contribution in [2.75, 3.05) is 4.90 Å². The Balaban J connectivity index is 1.12. The van der Waals surface area contributed by atoms with Gasteiger partial charge in [-0.2, -0.15) is 0 Å². The fourth-order valence-electron chi connectivity index (χ4n) is 7.64. The first kappa shape index (κ1) is 29.1. The largest absolute Gasteiger partial charge is 0.438 e. The van der Waals surface area contributed by atoms with E-state index in [1.165, 1.54) is 27.3 Å². The van der Waals surface area contributed by atoms with E-state index < -0.39 is 0 Å². The molecule has 0 aliphatic carbocycles. The summed E-state index contributed by atoms with van der Waals surface area (Å²) in [7, 11) is 0. The molecule has 0 N–H and O–H groups in total. The molecule has 8 aromatic carbocycles. The maximum Gasteiger partial charge on any atom is 0.213 e. The van der Waals surface area contributed by atoms with Crippen LogP contribution in [0.15, 0.2) is 199 Å². The SMILES string of the molecule is c1ccc(-c2ccccc2N(c2ccc(-c3ccc4oc5c(-c6ccccc6)c6ccccc6n5c4c3)cc2)c2cccc3ccccc23)cc1. The molecular formula is C48H32N2O.